The van der Waals surface area contributed by atoms with Crippen molar-refractivity contribution in [1.29, 1.82) is 0 Å². The van der Waals surface area contributed by atoms with Crippen LogP contribution in [0.3, 0.4) is 0 Å². The maximum absolute atomic E-state index is 12.7. The lowest BCUT2D eigenvalue weighted by molar-refractivity contribution is -0.113. The summed E-state index contributed by atoms with van der Waals surface area (Å²) in [5, 5.41) is 16.0. The van der Waals surface area contributed by atoms with Crippen LogP contribution in [0.1, 0.15) is 29.1 Å². The smallest absolute Gasteiger partial charge is 0.253 e. The van der Waals surface area contributed by atoms with Crippen molar-refractivity contribution < 1.29 is 9.59 Å². The summed E-state index contributed by atoms with van der Waals surface area (Å²) in [6.45, 7) is 5.93. The molecule has 178 valence electrons. The van der Waals surface area contributed by atoms with Crippen LogP contribution in [0.4, 0.5) is 5.69 Å². The van der Waals surface area contributed by atoms with Gasteiger partial charge in [-0.15, -0.1) is 16.8 Å². The van der Waals surface area contributed by atoms with Gasteiger partial charge in [0.15, 0.2) is 11.0 Å². The quantitative estimate of drug-likeness (QED) is 0.237. The van der Waals surface area contributed by atoms with E-state index in [0.717, 1.165) is 0 Å². The van der Waals surface area contributed by atoms with E-state index in [2.05, 4.69) is 27.4 Å². The minimum atomic E-state index is -0.497. The number of halogens is 4. The number of nitrogens with zero attached hydrogens (tertiary/aromatic N) is 3. The number of aromatic nitrogens is 3. The average molecular weight is 559 g/mol. The predicted molar refractivity (Wildman–Crippen MR) is 138 cm³/mol. The second-order valence-corrected chi connectivity index (χ2v) is 9.71. The van der Waals surface area contributed by atoms with Crippen molar-refractivity contribution in [2.24, 2.45) is 0 Å². The molecule has 2 amide bonds. The number of carbonyl (C=O) groups excluding carboxylic acids is 2. The van der Waals surface area contributed by atoms with Gasteiger partial charge in [-0.05, 0) is 43.3 Å². The first-order valence-corrected chi connectivity index (χ1v) is 12.4. The molecule has 0 unspecified atom stereocenters. The molecule has 1 atom stereocenters. The second kappa shape index (κ2) is 12.0. The van der Waals surface area contributed by atoms with E-state index >= 15 is 0 Å². The van der Waals surface area contributed by atoms with Crippen LogP contribution in [-0.2, 0) is 11.3 Å². The van der Waals surface area contributed by atoms with E-state index in [1.54, 1.807) is 47.9 Å². The highest BCUT2D eigenvalue weighted by atomic mass is 35.5. The summed E-state index contributed by atoms with van der Waals surface area (Å²) in [4.78, 5) is 25.1. The molecule has 0 spiro atoms. The third kappa shape index (κ3) is 6.90. The summed E-state index contributed by atoms with van der Waals surface area (Å²) in [6.07, 6.45) is 1.68. The second-order valence-electron chi connectivity index (χ2n) is 7.05. The minimum Gasteiger partial charge on any atom is -0.342 e. The van der Waals surface area contributed by atoms with Gasteiger partial charge in [-0.25, -0.2) is 0 Å². The number of allylic oxidation sites excluding steroid dienone is 1. The van der Waals surface area contributed by atoms with E-state index in [1.165, 1.54) is 17.8 Å². The van der Waals surface area contributed by atoms with E-state index in [0.29, 0.717) is 43.8 Å². The highest BCUT2D eigenvalue weighted by Crippen LogP contribution is 2.25. The Morgan fingerprint density at radius 1 is 1.09 bits per heavy atom. The summed E-state index contributed by atoms with van der Waals surface area (Å²) in [5.74, 6) is -0.0729. The first-order valence-electron chi connectivity index (χ1n) is 9.86. The van der Waals surface area contributed by atoms with E-state index in [-0.39, 0.29) is 22.6 Å². The van der Waals surface area contributed by atoms with Crippen molar-refractivity contribution in [3.63, 3.8) is 0 Å². The molecule has 3 aromatic rings. The third-order valence-corrected chi connectivity index (χ3v) is 6.40. The Morgan fingerprint density at radius 3 is 2.44 bits per heavy atom. The van der Waals surface area contributed by atoms with Crippen LogP contribution in [0, 0.1) is 0 Å². The SMILES string of the molecule is C=CCn1c(SCC(=O)Nc2cc(Cl)cc(Cl)c2)nnc1[C@@H](C)NC(=O)c1ccc(Cl)cc1Cl. The van der Waals surface area contributed by atoms with Crippen molar-refractivity contribution >= 4 is 75.7 Å². The van der Waals surface area contributed by atoms with Gasteiger partial charge < -0.3 is 15.2 Å². The minimum absolute atomic E-state index is 0.0700. The van der Waals surface area contributed by atoms with Crippen LogP contribution >= 0.6 is 58.2 Å². The van der Waals surface area contributed by atoms with Gasteiger partial charge in [0.1, 0.15) is 0 Å². The molecular formula is C22H19Cl4N5O2S. The van der Waals surface area contributed by atoms with Crippen LogP contribution in [0.25, 0.3) is 0 Å². The zero-order valence-corrected chi connectivity index (χ0v) is 21.7. The number of amides is 2. The summed E-state index contributed by atoms with van der Waals surface area (Å²) >= 11 is 25.2. The molecule has 2 aromatic carbocycles. The Bertz CT molecular complexity index is 1210. The summed E-state index contributed by atoms with van der Waals surface area (Å²) in [7, 11) is 0. The Kier molecular flexibility index (Phi) is 9.27. The molecule has 34 heavy (non-hydrogen) atoms. The molecule has 2 N–H and O–H groups in total. The van der Waals surface area contributed by atoms with E-state index in [9.17, 15) is 9.59 Å². The monoisotopic (exact) mass is 557 g/mol. The van der Waals surface area contributed by atoms with E-state index < -0.39 is 6.04 Å². The largest absolute Gasteiger partial charge is 0.342 e. The van der Waals surface area contributed by atoms with Crippen molar-refractivity contribution in [3.8, 4) is 0 Å². The van der Waals surface area contributed by atoms with Crippen LogP contribution in [0.15, 0.2) is 54.2 Å². The maximum Gasteiger partial charge on any atom is 0.253 e. The molecule has 1 aromatic heterocycles. The molecule has 0 saturated heterocycles. The van der Waals surface area contributed by atoms with Crippen LogP contribution in [0.5, 0.6) is 0 Å². The van der Waals surface area contributed by atoms with Gasteiger partial charge in [0.25, 0.3) is 5.91 Å². The maximum atomic E-state index is 12.7. The number of benzene rings is 2. The lowest BCUT2D eigenvalue weighted by atomic mass is 10.2. The molecule has 0 saturated carbocycles. The number of hydrogen-bond acceptors (Lipinski definition) is 5. The molecule has 3 rings (SSSR count). The van der Waals surface area contributed by atoms with Gasteiger partial charge in [-0.1, -0.05) is 64.2 Å². The number of thioether (sulfide) groups is 1. The van der Waals surface area contributed by atoms with Crippen molar-refractivity contribution in [1.82, 2.24) is 20.1 Å². The average Bonchev–Trinajstić information content (AvgIpc) is 3.14. The van der Waals surface area contributed by atoms with E-state index in [4.69, 9.17) is 46.4 Å². The number of nitrogens with one attached hydrogen (secondary N) is 2. The van der Waals surface area contributed by atoms with Crippen molar-refractivity contribution in [2.75, 3.05) is 11.1 Å². The van der Waals surface area contributed by atoms with E-state index in [1.807, 2.05) is 0 Å². The number of hydrogen-bond donors (Lipinski definition) is 2. The highest BCUT2D eigenvalue weighted by Gasteiger charge is 2.21. The molecule has 0 radical (unpaired) electrons. The first kappa shape index (κ1) is 26.4. The highest BCUT2D eigenvalue weighted by molar-refractivity contribution is 7.99. The number of rotatable bonds is 9. The molecule has 0 bridgehead atoms. The first-order chi connectivity index (χ1) is 16.2. The molecule has 1 heterocycles. The van der Waals surface area contributed by atoms with Crippen LogP contribution in [-0.4, -0.2) is 32.3 Å². The Hall–Kier alpha value is -2.23. The molecule has 0 fully saturated rings. The Morgan fingerprint density at radius 2 is 1.79 bits per heavy atom. The van der Waals surface area contributed by atoms with Gasteiger partial charge in [0.05, 0.1) is 22.4 Å². The normalized spacial score (nSPS) is 11.7. The fourth-order valence-corrected chi connectivity index (χ4v) is 4.77. The lowest BCUT2D eigenvalue weighted by Crippen LogP contribution is -2.29. The molecule has 0 aliphatic heterocycles. The van der Waals surface area contributed by atoms with Gasteiger partial charge in [-0.2, -0.15) is 0 Å². The lowest BCUT2D eigenvalue weighted by Gasteiger charge is -2.16. The Labute approximate surface area is 220 Å². The number of anilines is 1. The molecule has 0 aliphatic carbocycles. The van der Waals surface area contributed by atoms with Crippen LogP contribution < -0.4 is 10.6 Å². The van der Waals surface area contributed by atoms with Gasteiger partial charge in [0, 0.05) is 27.3 Å². The molecular weight excluding hydrogens is 540 g/mol. The van der Waals surface area contributed by atoms with Crippen molar-refractivity contribution in [2.45, 2.75) is 24.7 Å². The predicted octanol–water partition coefficient (Wildman–Crippen LogP) is 6.30. The van der Waals surface area contributed by atoms with Crippen molar-refractivity contribution in [3.05, 3.63) is 80.5 Å². The molecule has 7 nitrogen and oxygen atoms in total. The Balaban J connectivity index is 1.68. The van der Waals surface area contributed by atoms with Gasteiger partial charge in [-0.3, -0.25) is 9.59 Å². The summed E-state index contributed by atoms with van der Waals surface area (Å²) < 4.78 is 1.77. The van der Waals surface area contributed by atoms with Crippen LogP contribution in [0.2, 0.25) is 20.1 Å². The molecule has 12 heteroatoms. The van der Waals surface area contributed by atoms with Gasteiger partial charge >= 0.3 is 0 Å². The standard InChI is InChI=1S/C22H19Cl4N5O2S/c1-3-6-31-20(12(2)27-21(33)17-5-4-13(23)10-18(17)26)29-30-22(31)34-11-19(32)28-16-8-14(24)7-15(25)9-16/h3-5,7-10,12H,1,6,11H2,2H3,(H,27,33)(H,28,32)/t12-/m1/s1. The number of carbonyl (C=O) groups is 2. The summed E-state index contributed by atoms with van der Waals surface area (Å²) in [5.41, 5.74) is 0.786. The van der Waals surface area contributed by atoms with Gasteiger partial charge in [0.2, 0.25) is 5.91 Å². The zero-order valence-electron chi connectivity index (χ0n) is 17.8. The topological polar surface area (TPSA) is 88.9 Å². The third-order valence-electron chi connectivity index (χ3n) is 4.45. The fraction of sp³-hybridized carbons (Fsp3) is 0.182. The molecule has 0 aliphatic rings. The summed E-state index contributed by atoms with van der Waals surface area (Å²) in [6, 6.07) is 8.92. The zero-order chi connectivity index (χ0) is 24.8. The fourth-order valence-electron chi connectivity index (χ4n) is 2.99.